The Balaban J connectivity index is 1.58. The minimum atomic E-state index is -0.111. The van der Waals surface area contributed by atoms with Crippen LogP contribution in [0.15, 0.2) is 18.2 Å². The van der Waals surface area contributed by atoms with Gasteiger partial charge in [-0.05, 0) is 37.8 Å². The molecule has 0 atom stereocenters. The summed E-state index contributed by atoms with van der Waals surface area (Å²) < 4.78 is 0. The monoisotopic (exact) mass is 392 g/mol. The molecular weight excluding hydrogens is 371 g/mol. The molecule has 5 nitrogen and oxygen atoms in total. The highest BCUT2D eigenvalue weighted by Gasteiger charge is 2.26. The van der Waals surface area contributed by atoms with E-state index in [1.54, 1.807) is 12.1 Å². The van der Waals surface area contributed by atoms with Gasteiger partial charge in [0.1, 0.15) is 5.82 Å². The van der Waals surface area contributed by atoms with Gasteiger partial charge in [0, 0.05) is 23.7 Å². The Morgan fingerprint density at radius 2 is 1.62 bits per heavy atom. The number of hydrogen-bond donors (Lipinski definition) is 3. The van der Waals surface area contributed by atoms with Gasteiger partial charge in [-0.1, -0.05) is 42.5 Å². The molecule has 0 unspecified atom stereocenters. The number of rotatable bonds is 5. The summed E-state index contributed by atoms with van der Waals surface area (Å²) in [5.74, 6) is 1.80. The average Bonchev–Trinajstić information content (AvgIpc) is 3.45. The number of nitrogens with one attached hydrogen (secondary N) is 2. The maximum Gasteiger partial charge on any atom is 0.225 e. The topological polar surface area (TPSA) is 70.1 Å². The summed E-state index contributed by atoms with van der Waals surface area (Å²) >= 11 is 12.0. The summed E-state index contributed by atoms with van der Waals surface area (Å²) in [6, 6.07) is 5.70. The van der Waals surface area contributed by atoms with E-state index in [4.69, 9.17) is 28.2 Å². The van der Waals surface area contributed by atoms with Gasteiger partial charge >= 0.3 is 0 Å². The summed E-state index contributed by atoms with van der Waals surface area (Å²) in [4.78, 5) is 9.36. The molecule has 2 aromatic rings. The third kappa shape index (κ3) is 4.15. The zero-order valence-electron chi connectivity index (χ0n) is 14.4. The number of hydrogen-bond acceptors (Lipinski definition) is 5. The molecule has 1 heterocycles. The van der Waals surface area contributed by atoms with E-state index < -0.39 is 0 Å². The second-order valence-electron chi connectivity index (χ2n) is 7.17. The quantitative estimate of drug-likeness (QED) is 0.556. The Hall–Kier alpha value is -1.72. The molecule has 0 aliphatic heterocycles. The molecule has 0 bridgehead atoms. The van der Waals surface area contributed by atoms with Crippen LogP contribution in [0.1, 0.15) is 56.6 Å². The van der Waals surface area contributed by atoms with Crippen molar-refractivity contribution in [1.29, 1.82) is 0 Å². The third-order valence-corrected chi connectivity index (χ3v) is 5.55. The predicted molar refractivity (Wildman–Crippen MR) is 106 cm³/mol. The fourth-order valence-electron chi connectivity index (χ4n) is 3.40. The minimum Gasteiger partial charge on any atom is -0.505 e. The average molecular weight is 393 g/mol. The van der Waals surface area contributed by atoms with E-state index in [0.717, 1.165) is 5.69 Å². The Bertz CT molecular complexity index is 781. The fourth-order valence-corrected chi connectivity index (χ4v) is 3.88. The highest BCUT2D eigenvalue weighted by Crippen LogP contribution is 2.41. The summed E-state index contributed by atoms with van der Waals surface area (Å²) in [7, 11) is 0. The Morgan fingerprint density at radius 1 is 0.923 bits per heavy atom. The highest BCUT2D eigenvalue weighted by molar-refractivity contribution is 6.37. The summed E-state index contributed by atoms with van der Waals surface area (Å²) in [5.41, 5.74) is 1.75. The number of nitrogens with zero attached hydrogens (tertiary/aromatic N) is 2. The molecule has 2 fully saturated rings. The van der Waals surface area contributed by atoms with Crippen LogP contribution in [-0.4, -0.2) is 21.1 Å². The van der Waals surface area contributed by atoms with E-state index in [1.807, 2.05) is 6.07 Å². The van der Waals surface area contributed by atoms with E-state index in [0.29, 0.717) is 29.4 Å². The lowest BCUT2D eigenvalue weighted by Crippen LogP contribution is -2.23. The van der Waals surface area contributed by atoms with Gasteiger partial charge in [0.15, 0.2) is 5.75 Å². The molecule has 1 aromatic carbocycles. The van der Waals surface area contributed by atoms with E-state index in [2.05, 4.69) is 15.6 Å². The molecular formula is C19H22Cl2N4O. The first-order chi connectivity index (χ1) is 12.6. The normalized spacial score (nSPS) is 17.9. The lowest BCUT2D eigenvalue weighted by molar-refractivity contribution is 0.460. The van der Waals surface area contributed by atoms with E-state index in [1.165, 1.54) is 44.9 Å². The van der Waals surface area contributed by atoms with Crippen molar-refractivity contribution < 1.29 is 5.11 Å². The lowest BCUT2D eigenvalue weighted by Gasteiger charge is -2.23. The minimum absolute atomic E-state index is 0.111. The van der Waals surface area contributed by atoms with Crippen molar-refractivity contribution in [2.75, 3.05) is 10.6 Å². The van der Waals surface area contributed by atoms with Crippen LogP contribution in [0.2, 0.25) is 10.0 Å². The maximum absolute atomic E-state index is 9.72. The Labute approximate surface area is 163 Å². The third-order valence-electron chi connectivity index (χ3n) is 4.97. The zero-order valence-corrected chi connectivity index (χ0v) is 15.9. The molecule has 0 amide bonds. The first kappa shape index (κ1) is 17.7. The molecule has 3 N–H and O–H groups in total. The van der Waals surface area contributed by atoms with Crippen molar-refractivity contribution >= 4 is 40.7 Å². The number of anilines is 3. The number of phenolic OH excluding ortho intramolecular Hbond substituents is 1. The maximum atomic E-state index is 9.72. The first-order valence-electron chi connectivity index (χ1n) is 9.19. The Morgan fingerprint density at radius 3 is 2.27 bits per heavy atom. The van der Waals surface area contributed by atoms with Gasteiger partial charge in [0.05, 0.1) is 15.7 Å². The second kappa shape index (κ2) is 7.49. The van der Waals surface area contributed by atoms with Gasteiger partial charge in [-0.2, -0.15) is 4.98 Å². The molecule has 0 spiro atoms. The van der Waals surface area contributed by atoms with Gasteiger partial charge in [-0.15, -0.1) is 0 Å². The number of phenols is 1. The molecule has 1 aromatic heterocycles. The standard InChI is InChI=1S/C19H22Cl2N4O/c20-14-8-13(9-15(21)18(14)26)22-17-10-16(11-6-7-11)24-19(25-17)23-12-4-2-1-3-5-12/h8-12,26H,1-7H2,(H2,22,23,24,25). The molecule has 26 heavy (non-hydrogen) atoms. The summed E-state index contributed by atoms with van der Waals surface area (Å²) in [6.07, 6.45) is 8.53. The van der Waals surface area contributed by atoms with Crippen LogP contribution in [0.4, 0.5) is 17.5 Å². The molecule has 2 aliphatic rings. The van der Waals surface area contributed by atoms with Gasteiger partial charge in [-0.3, -0.25) is 0 Å². The van der Waals surface area contributed by atoms with Crippen LogP contribution in [0.5, 0.6) is 5.75 Å². The zero-order chi connectivity index (χ0) is 18.1. The predicted octanol–water partition coefficient (Wildman–Crippen LogP) is 5.85. The number of aromatic hydroxyl groups is 1. The van der Waals surface area contributed by atoms with Crippen molar-refractivity contribution in [1.82, 2.24) is 9.97 Å². The largest absolute Gasteiger partial charge is 0.505 e. The van der Waals surface area contributed by atoms with Crippen LogP contribution in [0.3, 0.4) is 0 Å². The van der Waals surface area contributed by atoms with Gasteiger partial charge in [-0.25, -0.2) is 4.98 Å². The molecule has 0 radical (unpaired) electrons. The molecule has 7 heteroatoms. The molecule has 138 valence electrons. The number of aromatic nitrogens is 2. The van der Waals surface area contributed by atoms with Crippen LogP contribution >= 0.6 is 23.2 Å². The lowest BCUT2D eigenvalue weighted by atomic mass is 9.96. The van der Waals surface area contributed by atoms with E-state index in [9.17, 15) is 5.11 Å². The van der Waals surface area contributed by atoms with Crippen LogP contribution in [-0.2, 0) is 0 Å². The van der Waals surface area contributed by atoms with Crippen molar-refractivity contribution in [3.8, 4) is 5.75 Å². The van der Waals surface area contributed by atoms with Gasteiger partial charge in [0.25, 0.3) is 0 Å². The molecule has 2 aliphatic carbocycles. The SMILES string of the molecule is Oc1c(Cl)cc(Nc2cc(C3CC3)nc(NC3CCCCC3)n2)cc1Cl. The molecule has 4 rings (SSSR count). The van der Waals surface area contributed by atoms with Crippen molar-refractivity contribution in [2.45, 2.75) is 56.9 Å². The highest BCUT2D eigenvalue weighted by atomic mass is 35.5. The van der Waals surface area contributed by atoms with E-state index >= 15 is 0 Å². The van der Waals surface area contributed by atoms with Gasteiger partial charge in [0.2, 0.25) is 5.95 Å². The Kier molecular flexibility index (Phi) is 5.09. The smallest absolute Gasteiger partial charge is 0.225 e. The van der Waals surface area contributed by atoms with E-state index in [-0.39, 0.29) is 15.8 Å². The molecule has 0 saturated heterocycles. The van der Waals surface area contributed by atoms with Crippen molar-refractivity contribution in [3.05, 3.63) is 33.9 Å². The van der Waals surface area contributed by atoms with Crippen LogP contribution in [0, 0.1) is 0 Å². The second-order valence-corrected chi connectivity index (χ2v) is 7.98. The van der Waals surface area contributed by atoms with Crippen molar-refractivity contribution in [3.63, 3.8) is 0 Å². The first-order valence-corrected chi connectivity index (χ1v) is 9.94. The van der Waals surface area contributed by atoms with Crippen LogP contribution in [0.25, 0.3) is 0 Å². The fraction of sp³-hybridized carbons (Fsp3) is 0.474. The summed E-state index contributed by atoms with van der Waals surface area (Å²) in [6.45, 7) is 0. The number of halogens is 2. The van der Waals surface area contributed by atoms with Crippen molar-refractivity contribution in [2.24, 2.45) is 0 Å². The summed E-state index contributed by atoms with van der Waals surface area (Å²) in [5, 5.41) is 16.9. The molecule has 2 saturated carbocycles. The number of benzene rings is 1. The van der Waals surface area contributed by atoms with Crippen LogP contribution < -0.4 is 10.6 Å². The van der Waals surface area contributed by atoms with Gasteiger partial charge < -0.3 is 15.7 Å².